The van der Waals surface area contributed by atoms with Crippen LogP contribution in [0, 0.1) is 0 Å². The van der Waals surface area contributed by atoms with Crippen molar-refractivity contribution in [3.63, 3.8) is 0 Å². The summed E-state index contributed by atoms with van der Waals surface area (Å²) in [7, 11) is 0. The molecule has 4 heteroatoms. The molecule has 1 amide bonds. The largest absolute Gasteiger partial charge is 0.444 e. The van der Waals surface area contributed by atoms with Crippen LogP contribution in [0.15, 0.2) is 24.8 Å². The number of ether oxygens (including phenoxy) is 2. The molecule has 0 saturated carbocycles. The molecule has 0 N–H and O–H groups in total. The second kappa shape index (κ2) is 10.1. The van der Waals surface area contributed by atoms with Crippen molar-refractivity contribution in [2.24, 2.45) is 0 Å². The van der Waals surface area contributed by atoms with Gasteiger partial charge in [0.15, 0.2) is 0 Å². The number of unbranched alkanes of at least 4 members (excludes halogenated alkanes) is 5. The van der Waals surface area contributed by atoms with Crippen molar-refractivity contribution < 1.29 is 14.3 Å². The molecule has 0 aliphatic carbocycles. The van der Waals surface area contributed by atoms with Crippen LogP contribution in [0.3, 0.4) is 0 Å². The van der Waals surface area contributed by atoms with E-state index in [0.717, 1.165) is 19.3 Å². The molecule has 1 rings (SSSR count). The molecule has 1 saturated heterocycles. The molecule has 0 aromatic heterocycles. The van der Waals surface area contributed by atoms with Gasteiger partial charge in [0.2, 0.25) is 0 Å². The van der Waals surface area contributed by atoms with E-state index in [2.05, 4.69) is 18.7 Å². The quantitative estimate of drug-likeness (QED) is 0.359. The number of hydrogen-bond donors (Lipinski definition) is 0. The first kappa shape index (κ1) is 22.8. The molecule has 2 atom stereocenters. The van der Waals surface area contributed by atoms with Crippen LogP contribution < -0.4 is 0 Å². The van der Waals surface area contributed by atoms with Crippen molar-refractivity contribution in [2.75, 3.05) is 0 Å². The lowest BCUT2D eigenvalue weighted by molar-refractivity contribution is -0.0779. The molecular formula is C22H39NO3. The standard InChI is InChI=1S/C22H39NO3/c1-8-9-10-11-12-13-14-15-16-17-19-18(2)23(22(6,7)25-19)20(24)26-21(3,4)5/h8,15-16,18-19H,1,9-14,17H2,2-7H3/b16-15-/t18-,19-/m0/s1. The molecule has 1 fully saturated rings. The van der Waals surface area contributed by atoms with E-state index in [1.54, 1.807) is 4.90 Å². The molecule has 1 heterocycles. The van der Waals surface area contributed by atoms with Crippen molar-refractivity contribution in [3.05, 3.63) is 24.8 Å². The zero-order valence-corrected chi connectivity index (χ0v) is 17.7. The van der Waals surface area contributed by atoms with Crippen LogP contribution in [0.4, 0.5) is 4.79 Å². The number of allylic oxidation sites excluding steroid dienone is 2. The van der Waals surface area contributed by atoms with Crippen LogP contribution in [0.5, 0.6) is 0 Å². The molecule has 1 aliphatic heterocycles. The third kappa shape index (κ3) is 7.53. The topological polar surface area (TPSA) is 38.8 Å². The lowest BCUT2D eigenvalue weighted by Crippen LogP contribution is -2.49. The minimum atomic E-state index is -0.647. The van der Waals surface area contributed by atoms with Gasteiger partial charge < -0.3 is 9.47 Å². The molecule has 0 aromatic carbocycles. The van der Waals surface area contributed by atoms with E-state index in [9.17, 15) is 4.79 Å². The Morgan fingerprint density at radius 3 is 2.35 bits per heavy atom. The smallest absolute Gasteiger partial charge is 0.412 e. The van der Waals surface area contributed by atoms with E-state index >= 15 is 0 Å². The maximum atomic E-state index is 12.6. The lowest BCUT2D eigenvalue weighted by Gasteiger charge is -2.34. The molecule has 0 bridgehead atoms. The highest BCUT2D eigenvalue weighted by Crippen LogP contribution is 2.35. The number of nitrogens with zero attached hydrogens (tertiary/aromatic N) is 1. The van der Waals surface area contributed by atoms with Gasteiger partial charge in [-0.1, -0.05) is 31.1 Å². The summed E-state index contributed by atoms with van der Waals surface area (Å²) in [5.41, 5.74) is -1.15. The van der Waals surface area contributed by atoms with Crippen LogP contribution >= 0.6 is 0 Å². The molecule has 150 valence electrons. The minimum Gasteiger partial charge on any atom is -0.444 e. The van der Waals surface area contributed by atoms with Crippen LogP contribution in [0.2, 0.25) is 0 Å². The molecular weight excluding hydrogens is 326 g/mol. The lowest BCUT2D eigenvalue weighted by atomic mass is 10.1. The van der Waals surface area contributed by atoms with Gasteiger partial charge >= 0.3 is 6.09 Å². The van der Waals surface area contributed by atoms with E-state index in [1.807, 2.05) is 47.6 Å². The van der Waals surface area contributed by atoms with Crippen molar-refractivity contribution >= 4 is 6.09 Å². The first-order valence-electron chi connectivity index (χ1n) is 10.0. The normalized spacial score (nSPS) is 22.8. The molecule has 1 aliphatic rings. The predicted molar refractivity (Wildman–Crippen MR) is 108 cm³/mol. The fraction of sp³-hybridized carbons (Fsp3) is 0.773. The van der Waals surface area contributed by atoms with Gasteiger partial charge in [-0.25, -0.2) is 4.79 Å². The summed E-state index contributed by atoms with van der Waals surface area (Å²) in [6, 6.07) is -0.0107. The third-order valence-corrected chi connectivity index (χ3v) is 4.62. The third-order valence-electron chi connectivity index (χ3n) is 4.62. The molecule has 4 nitrogen and oxygen atoms in total. The zero-order chi connectivity index (χ0) is 19.8. The zero-order valence-electron chi connectivity index (χ0n) is 17.7. The average Bonchev–Trinajstić information content (AvgIpc) is 2.72. The van der Waals surface area contributed by atoms with E-state index in [-0.39, 0.29) is 18.2 Å². The molecule has 26 heavy (non-hydrogen) atoms. The Labute approximate surface area is 160 Å². The predicted octanol–water partition coefficient (Wildman–Crippen LogP) is 6.22. The highest BCUT2D eigenvalue weighted by molar-refractivity contribution is 5.69. The van der Waals surface area contributed by atoms with Gasteiger partial charge in [-0.2, -0.15) is 0 Å². The maximum absolute atomic E-state index is 12.6. The van der Waals surface area contributed by atoms with Crippen LogP contribution in [-0.4, -0.2) is 34.5 Å². The minimum absolute atomic E-state index is 0.00126. The van der Waals surface area contributed by atoms with Crippen molar-refractivity contribution in [3.8, 4) is 0 Å². The Kier molecular flexibility index (Phi) is 8.88. The Balaban J connectivity index is 2.43. The molecule has 0 spiro atoms. The van der Waals surface area contributed by atoms with Crippen molar-refractivity contribution in [1.29, 1.82) is 0 Å². The molecule has 0 aromatic rings. The maximum Gasteiger partial charge on any atom is 0.412 e. The first-order valence-corrected chi connectivity index (χ1v) is 10.0. The molecule has 0 unspecified atom stereocenters. The summed E-state index contributed by atoms with van der Waals surface area (Å²) in [6.07, 6.45) is 14.2. The summed E-state index contributed by atoms with van der Waals surface area (Å²) >= 11 is 0. The summed E-state index contributed by atoms with van der Waals surface area (Å²) in [6.45, 7) is 15.3. The number of hydrogen-bond acceptors (Lipinski definition) is 3. The Morgan fingerprint density at radius 2 is 1.77 bits per heavy atom. The van der Waals surface area contributed by atoms with E-state index in [1.165, 1.54) is 25.7 Å². The number of amides is 1. The van der Waals surface area contributed by atoms with Crippen LogP contribution in [0.25, 0.3) is 0 Å². The monoisotopic (exact) mass is 365 g/mol. The van der Waals surface area contributed by atoms with Gasteiger partial charge in [-0.15, -0.1) is 6.58 Å². The van der Waals surface area contributed by atoms with E-state index < -0.39 is 11.3 Å². The number of carbonyl (C=O) groups excluding carboxylic acids is 1. The highest BCUT2D eigenvalue weighted by Gasteiger charge is 2.48. The second-order valence-electron chi connectivity index (χ2n) is 8.68. The van der Waals surface area contributed by atoms with E-state index in [0.29, 0.717) is 0 Å². The fourth-order valence-corrected chi connectivity index (χ4v) is 3.38. The van der Waals surface area contributed by atoms with Gasteiger partial charge in [-0.3, -0.25) is 4.90 Å². The first-order chi connectivity index (χ1) is 12.1. The van der Waals surface area contributed by atoms with Gasteiger partial charge in [0.25, 0.3) is 0 Å². The molecule has 0 radical (unpaired) electrons. The van der Waals surface area contributed by atoms with Gasteiger partial charge in [0.05, 0.1) is 12.1 Å². The Bertz CT molecular complexity index is 476. The Morgan fingerprint density at radius 1 is 1.15 bits per heavy atom. The highest BCUT2D eigenvalue weighted by atomic mass is 16.6. The van der Waals surface area contributed by atoms with Gasteiger partial charge in [-0.05, 0) is 73.6 Å². The SMILES string of the molecule is C=CCCCCCC/C=C\C[C@@H]1OC(C)(C)N(C(=O)OC(C)(C)C)[C@H]1C. The summed E-state index contributed by atoms with van der Waals surface area (Å²) in [5, 5.41) is 0. The van der Waals surface area contributed by atoms with Crippen LogP contribution in [-0.2, 0) is 9.47 Å². The van der Waals surface area contributed by atoms with Crippen molar-refractivity contribution in [2.45, 2.75) is 110 Å². The average molecular weight is 366 g/mol. The van der Waals surface area contributed by atoms with Crippen molar-refractivity contribution in [1.82, 2.24) is 4.90 Å². The number of carbonyl (C=O) groups is 1. The fourth-order valence-electron chi connectivity index (χ4n) is 3.38. The van der Waals surface area contributed by atoms with Gasteiger partial charge in [0.1, 0.15) is 11.3 Å². The second-order valence-corrected chi connectivity index (χ2v) is 8.68. The van der Waals surface area contributed by atoms with Gasteiger partial charge in [0, 0.05) is 0 Å². The Hall–Kier alpha value is -1.29. The summed E-state index contributed by atoms with van der Waals surface area (Å²) in [5.74, 6) is 0. The van der Waals surface area contributed by atoms with E-state index in [4.69, 9.17) is 9.47 Å². The summed E-state index contributed by atoms with van der Waals surface area (Å²) < 4.78 is 11.7. The number of rotatable bonds is 9. The summed E-state index contributed by atoms with van der Waals surface area (Å²) in [4.78, 5) is 14.3. The van der Waals surface area contributed by atoms with Crippen LogP contribution in [0.1, 0.15) is 86.5 Å².